The Morgan fingerprint density at radius 3 is 2.59 bits per heavy atom. The molecule has 9 nitrogen and oxygen atoms in total. The number of nitrogens with zero attached hydrogens (tertiary/aromatic N) is 4. The first-order chi connectivity index (χ1) is 18.7. The lowest BCUT2D eigenvalue weighted by molar-refractivity contribution is -0.134. The van der Waals surface area contributed by atoms with Crippen molar-refractivity contribution in [3.63, 3.8) is 0 Å². The standard InChI is InChI=1S/C29H33BN6O3/c1-16-14-20(34-28(38)17(2)25(30)37)10-11-21(16)24-22(23-26(31)32-15-33-27(23)35(24)3)18-6-8-19(9-7-18)29(39)36-12-4-5-13-36/h6,10-11,14-15,19,37H,4-5,7-9,12-13H2,1-3H3,(H,34,38)(H2,31,32,33)/b25-17+. The molecule has 2 radical (unpaired) electrons. The zero-order valence-corrected chi connectivity index (χ0v) is 22.6. The number of aryl methyl sites for hydroxylation is 2. The largest absolute Gasteiger partial charge is 0.524 e. The summed E-state index contributed by atoms with van der Waals surface area (Å²) in [6, 6.07) is 5.65. The first-order valence-electron chi connectivity index (χ1n) is 13.3. The van der Waals surface area contributed by atoms with E-state index in [1.807, 2.05) is 41.6 Å². The molecule has 1 atom stereocenters. The van der Waals surface area contributed by atoms with E-state index in [2.05, 4.69) is 21.4 Å². The molecule has 1 unspecified atom stereocenters. The molecule has 1 saturated heterocycles. The van der Waals surface area contributed by atoms with Gasteiger partial charge < -0.3 is 25.6 Å². The van der Waals surface area contributed by atoms with Gasteiger partial charge in [-0.3, -0.25) is 9.59 Å². The predicted molar refractivity (Wildman–Crippen MR) is 154 cm³/mol. The highest BCUT2D eigenvalue weighted by atomic mass is 16.3. The number of amides is 2. The molecule has 2 aromatic heterocycles. The van der Waals surface area contributed by atoms with E-state index in [0.29, 0.717) is 17.9 Å². The number of benzene rings is 1. The first kappa shape index (κ1) is 26.5. The lowest BCUT2D eigenvalue weighted by Crippen LogP contribution is -2.34. The molecule has 0 saturated carbocycles. The number of nitrogens with one attached hydrogen (secondary N) is 1. The summed E-state index contributed by atoms with van der Waals surface area (Å²) in [6.07, 6.45) is 8.07. The van der Waals surface area contributed by atoms with Crippen LogP contribution in [-0.4, -0.2) is 57.3 Å². The number of likely N-dealkylation sites (tertiary alicyclic amines) is 1. The highest BCUT2D eigenvalue weighted by Gasteiger charge is 2.31. The van der Waals surface area contributed by atoms with Crippen LogP contribution in [0.25, 0.3) is 27.9 Å². The Morgan fingerprint density at radius 2 is 1.95 bits per heavy atom. The van der Waals surface area contributed by atoms with E-state index in [-0.39, 0.29) is 17.4 Å². The Balaban J connectivity index is 1.54. The van der Waals surface area contributed by atoms with E-state index < -0.39 is 11.6 Å². The van der Waals surface area contributed by atoms with E-state index in [0.717, 1.165) is 77.8 Å². The number of carbonyl (C=O) groups excluding carboxylic acids is 2. The van der Waals surface area contributed by atoms with Gasteiger partial charge in [-0.05, 0) is 69.2 Å². The number of hydrogen-bond donors (Lipinski definition) is 3. The second kappa shape index (κ2) is 10.6. The number of fused-ring (bicyclic) bond motifs is 1. The van der Waals surface area contributed by atoms with Crippen molar-refractivity contribution in [1.29, 1.82) is 0 Å². The van der Waals surface area contributed by atoms with Crippen molar-refractivity contribution in [2.75, 3.05) is 24.1 Å². The lowest BCUT2D eigenvalue weighted by atomic mass is 9.84. The molecule has 3 aromatic rings. The minimum Gasteiger partial charge on any atom is -0.524 e. The summed E-state index contributed by atoms with van der Waals surface area (Å²) in [5.74, 6) is 0.221. The summed E-state index contributed by atoms with van der Waals surface area (Å²) >= 11 is 0. The number of aliphatic hydroxyl groups is 1. The molecule has 0 spiro atoms. The van der Waals surface area contributed by atoms with Crippen LogP contribution in [0, 0.1) is 12.8 Å². The fourth-order valence-corrected chi connectivity index (χ4v) is 5.73. The van der Waals surface area contributed by atoms with Gasteiger partial charge in [-0.25, -0.2) is 9.97 Å². The Kier molecular flexibility index (Phi) is 7.20. The average Bonchev–Trinajstić information content (AvgIpc) is 3.56. The van der Waals surface area contributed by atoms with Gasteiger partial charge in [0, 0.05) is 54.1 Å². The fraction of sp³-hybridized carbons (Fsp3) is 0.379. The first-order valence-corrected chi connectivity index (χ1v) is 13.3. The van der Waals surface area contributed by atoms with E-state index in [1.165, 1.54) is 13.3 Å². The molecule has 1 aliphatic heterocycles. The zero-order chi connectivity index (χ0) is 27.8. The van der Waals surface area contributed by atoms with Gasteiger partial charge in [0.05, 0.1) is 11.1 Å². The average molecular weight is 524 g/mol. The van der Waals surface area contributed by atoms with Crippen molar-refractivity contribution in [2.45, 2.75) is 46.0 Å². The van der Waals surface area contributed by atoms with Gasteiger partial charge in [0.2, 0.25) is 5.91 Å². The number of aliphatic hydroxyl groups excluding tert-OH is 1. The molecule has 200 valence electrons. The molecule has 3 heterocycles. The molecular formula is C29H33BN6O3. The molecule has 1 aliphatic carbocycles. The number of aromatic nitrogens is 3. The fourth-order valence-electron chi connectivity index (χ4n) is 5.73. The summed E-state index contributed by atoms with van der Waals surface area (Å²) in [4.78, 5) is 36.3. The Morgan fingerprint density at radius 1 is 1.21 bits per heavy atom. The van der Waals surface area contributed by atoms with Crippen molar-refractivity contribution in [3.05, 3.63) is 53.0 Å². The molecule has 0 bridgehead atoms. The van der Waals surface area contributed by atoms with Crippen LogP contribution in [0.5, 0.6) is 0 Å². The molecule has 2 aliphatic rings. The van der Waals surface area contributed by atoms with Crippen LogP contribution in [0.1, 0.15) is 50.2 Å². The van der Waals surface area contributed by atoms with Gasteiger partial charge in [0.25, 0.3) is 5.91 Å². The van der Waals surface area contributed by atoms with Crippen LogP contribution in [0.15, 0.2) is 41.8 Å². The van der Waals surface area contributed by atoms with E-state index >= 15 is 0 Å². The smallest absolute Gasteiger partial charge is 0.253 e. The summed E-state index contributed by atoms with van der Waals surface area (Å²) in [7, 11) is 7.32. The molecule has 4 N–H and O–H groups in total. The van der Waals surface area contributed by atoms with E-state index in [4.69, 9.17) is 13.6 Å². The van der Waals surface area contributed by atoms with Crippen molar-refractivity contribution in [1.82, 2.24) is 19.4 Å². The Hall–Kier alpha value is -4.08. The number of carbonyl (C=O) groups is 2. The summed E-state index contributed by atoms with van der Waals surface area (Å²) < 4.78 is 2.03. The van der Waals surface area contributed by atoms with Gasteiger partial charge >= 0.3 is 0 Å². The van der Waals surface area contributed by atoms with Crippen molar-refractivity contribution in [3.8, 4) is 11.3 Å². The van der Waals surface area contributed by atoms with Crippen molar-refractivity contribution < 1.29 is 14.7 Å². The third-order valence-corrected chi connectivity index (χ3v) is 7.96. The molecule has 1 fully saturated rings. The summed E-state index contributed by atoms with van der Waals surface area (Å²) in [5.41, 5.74) is 12.3. The molecule has 5 rings (SSSR count). The van der Waals surface area contributed by atoms with Gasteiger partial charge in [0.1, 0.15) is 17.8 Å². The van der Waals surface area contributed by atoms with Gasteiger partial charge in [0.15, 0.2) is 7.85 Å². The highest BCUT2D eigenvalue weighted by molar-refractivity contribution is 6.23. The second-order valence-corrected chi connectivity index (χ2v) is 10.5. The van der Waals surface area contributed by atoms with Crippen LogP contribution >= 0.6 is 0 Å². The summed E-state index contributed by atoms with van der Waals surface area (Å²) in [5, 5.41) is 13.0. The number of nitrogens with two attached hydrogens (primary N) is 1. The second-order valence-electron chi connectivity index (χ2n) is 10.5. The minimum atomic E-state index is -0.509. The molecule has 10 heteroatoms. The zero-order valence-electron chi connectivity index (χ0n) is 22.6. The monoisotopic (exact) mass is 524 g/mol. The molecule has 1 aromatic carbocycles. The maximum atomic E-state index is 13.0. The molecular weight excluding hydrogens is 491 g/mol. The number of hydrogen-bond acceptors (Lipinski definition) is 6. The van der Waals surface area contributed by atoms with Crippen LogP contribution < -0.4 is 11.1 Å². The van der Waals surface area contributed by atoms with E-state index in [1.54, 1.807) is 0 Å². The van der Waals surface area contributed by atoms with Gasteiger partial charge in [-0.2, -0.15) is 0 Å². The lowest BCUT2D eigenvalue weighted by Gasteiger charge is -2.26. The quantitative estimate of drug-likeness (QED) is 0.261. The topological polar surface area (TPSA) is 126 Å². The van der Waals surface area contributed by atoms with Crippen LogP contribution in [-0.2, 0) is 16.6 Å². The normalized spacial score (nSPS) is 18.2. The van der Waals surface area contributed by atoms with Crippen molar-refractivity contribution >= 4 is 47.8 Å². The maximum absolute atomic E-state index is 13.0. The molecule has 39 heavy (non-hydrogen) atoms. The van der Waals surface area contributed by atoms with E-state index in [9.17, 15) is 14.7 Å². The minimum absolute atomic E-state index is 0.00830. The van der Waals surface area contributed by atoms with Gasteiger partial charge in [-0.1, -0.05) is 12.1 Å². The summed E-state index contributed by atoms with van der Waals surface area (Å²) in [6.45, 7) is 5.17. The van der Waals surface area contributed by atoms with Crippen LogP contribution in [0.3, 0.4) is 0 Å². The highest BCUT2D eigenvalue weighted by Crippen LogP contribution is 2.44. The van der Waals surface area contributed by atoms with Crippen molar-refractivity contribution in [2.24, 2.45) is 13.0 Å². The number of anilines is 2. The predicted octanol–water partition coefficient (Wildman–Crippen LogP) is 4.23. The number of allylic oxidation sites excluding steroid dienone is 2. The number of nitrogen functional groups attached to an aromatic ring is 1. The SMILES string of the molecule is [B]/C(O)=C(/C)C(=O)Nc1ccc(-c2c(C3=CCC(C(=O)N4CCCC4)CC3)c3c(N)ncnc3n2C)c(C)c1. The van der Waals surface area contributed by atoms with Crippen LogP contribution in [0.4, 0.5) is 11.5 Å². The Labute approximate surface area is 229 Å². The third kappa shape index (κ3) is 4.91. The Bertz CT molecular complexity index is 1530. The maximum Gasteiger partial charge on any atom is 0.253 e. The molecule has 2 amide bonds. The third-order valence-electron chi connectivity index (χ3n) is 7.96. The van der Waals surface area contributed by atoms with Crippen LogP contribution in [0.2, 0.25) is 0 Å². The van der Waals surface area contributed by atoms with Gasteiger partial charge in [-0.15, -0.1) is 0 Å². The number of rotatable bonds is 5.